The third-order valence-electron chi connectivity index (χ3n) is 3.55. The number of carbonyl (C=O) groups is 2. The zero-order valence-electron chi connectivity index (χ0n) is 13.5. The molecule has 0 aliphatic heterocycles. The van der Waals surface area contributed by atoms with Gasteiger partial charge in [-0.1, -0.05) is 41.9 Å². The molecule has 6 heteroatoms. The minimum Gasteiger partial charge on any atom is -0.465 e. The lowest BCUT2D eigenvalue weighted by atomic mass is 10.1. The molecule has 2 aromatic rings. The Morgan fingerprint density at radius 3 is 2.50 bits per heavy atom. The molecule has 0 aliphatic carbocycles. The van der Waals surface area contributed by atoms with Crippen LogP contribution in [0, 0.1) is 0 Å². The number of benzene rings is 2. The number of carbonyl (C=O) groups excluding carboxylic acids is 2. The number of para-hydroxylation sites is 1. The fourth-order valence-corrected chi connectivity index (χ4v) is 2.56. The van der Waals surface area contributed by atoms with Crippen molar-refractivity contribution in [1.29, 1.82) is 0 Å². The predicted molar refractivity (Wildman–Crippen MR) is 94.3 cm³/mol. The second kappa shape index (κ2) is 8.47. The quantitative estimate of drug-likeness (QED) is 0.786. The fourth-order valence-electron chi connectivity index (χ4n) is 2.26. The van der Waals surface area contributed by atoms with Crippen LogP contribution in [-0.2, 0) is 9.53 Å². The molecule has 0 saturated heterocycles. The molecule has 0 heterocycles. The number of esters is 1. The summed E-state index contributed by atoms with van der Waals surface area (Å²) in [5, 5.41) is 6.47. The van der Waals surface area contributed by atoms with Crippen LogP contribution in [0.4, 0.5) is 5.69 Å². The molecule has 0 aliphatic rings. The molecule has 1 atom stereocenters. The van der Waals surface area contributed by atoms with E-state index in [4.69, 9.17) is 16.3 Å². The predicted octanol–water partition coefficient (Wildman–Crippen LogP) is 3.42. The Labute approximate surface area is 146 Å². The summed E-state index contributed by atoms with van der Waals surface area (Å²) in [6, 6.07) is 14.1. The number of hydrogen-bond acceptors (Lipinski definition) is 4. The maximum Gasteiger partial charge on any atom is 0.339 e. The first kappa shape index (κ1) is 18.0. The van der Waals surface area contributed by atoms with Crippen LogP contribution in [0.3, 0.4) is 0 Å². The summed E-state index contributed by atoms with van der Waals surface area (Å²) < 4.78 is 4.71. The summed E-state index contributed by atoms with van der Waals surface area (Å²) in [5.74, 6) is -0.756. The molecular weight excluding hydrogens is 328 g/mol. The normalized spacial score (nSPS) is 11.6. The van der Waals surface area contributed by atoms with E-state index in [1.807, 2.05) is 31.2 Å². The van der Waals surface area contributed by atoms with E-state index >= 15 is 0 Å². The molecule has 24 heavy (non-hydrogen) atoms. The molecule has 2 N–H and O–H groups in total. The highest BCUT2D eigenvalue weighted by Crippen LogP contribution is 2.22. The van der Waals surface area contributed by atoms with E-state index in [1.54, 1.807) is 24.3 Å². The zero-order valence-corrected chi connectivity index (χ0v) is 14.3. The van der Waals surface area contributed by atoms with E-state index < -0.39 is 5.97 Å². The van der Waals surface area contributed by atoms with Gasteiger partial charge in [0.2, 0.25) is 5.91 Å². The Balaban J connectivity index is 1.97. The van der Waals surface area contributed by atoms with Gasteiger partial charge in [0.05, 0.1) is 24.9 Å². The molecule has 1 amide bonds. The van der Waals surface area contributed by atoms with Gasteiger partial charge in [-0.05, 0) is 30.7 Å². The summed E-state index contributed by atoms with van der Waals surface area (Å²) in [5.41, 5.74) is 1.65. The Bertz CT molecular complexity index is 734. The van der Waals surface area contributed by atoms with Crippen molar-refractivity contribution in [3.05, 3.63) is 64.7 Å². The van der Waals surface area contributed by atoms with Crippen LogP contribution in [0.5, 0.6) is 0 Å². The molecule has 0 saturated carbocycles. The number of nitrogens with one attached hydrogen (secondary N) is 2. The highest BCUT2D eigenvalue weighted by Gasteiger charge is 2.14. The second-order valence-corrected chi connectivity index (χ2v) is 5.62. The molecule has 0 aromatic heterocycles. The standard InChI is InChI=1S/C18H19ClN2O3/c1-12(13-7-3-5-9-15(13)19)20-11-17(22)21-16-10-6-4-8-14(16)18(23)24-2/h3-10,12,20H,11H2,1-2H3,(H,21,22)/t12-/m1/s1. The minimum absolute atomic E-state index is 0.0831. The zero-order chi connectivity index (χ0) is 17.5. The molecule has 2 aromatic carbocycles. The van der Waals surface area contributed by atoms with Crippen molar-refractivity contribution in [3.8, 4) is 0 Å². The van der Waals surface area contributed by atoms with Gasteiger partial charge in [0.25, 0.3) is 0 Å². The van der Waals surface area contributed by atoms with Crippen molar-refractivity contribution in [3.63, 3.8) is 0 Å². The third-order valence-corrected chi connectivity index (χ3v) is 3.89. The van der Waals surface area contributed by atoms with Gasteiger partial charge in [-0.2, -0.15) is 0 Å². The van der Waals surface area contributed by atoms with Gasteiger partial charge in [-0.3, -0.25) is 4.79 Å². The highest BCUT2D eigenvalue weighted by atomic mass is 35.5. The van der Waals surface area contributed by atoms with Gasteiger partial charge in [-0.25, -0.2) is 4.79 Å². The van der Waals surface area contributed by atoms with Crippen LogP contribution in [0.1, 0.15) is 28.9 Å². The molecule has 0 bridgehead atoms. The summed E-state index contributed by atoms with van der Waals surface area (Å²) in [7, 11) is 1.30. The fraction of sp³-hybridized carbons (Fsp3) is 0.222. The van der Waals surface area contributed by atoms with Gasteiger partial charge >= 0.3 is 5.97 Å². The number of ether oxygens (including phenoxy) is 1. The van der Waals surface area contributed by atoms with Crippen LogP contribution < -0.4 is 10.6 Å². The number of methoxy groups -OCH3 is 1. The number of anilines is 1. The van der Waals surface area contributed by atoms with E-state index in [-0.39, 0.29) is 18.5 Å². The lowest BCUT2D eigenvalue weighted by molar-refractivity contribution is -0.115. The van der Waals surface area contributed by atoms with E-state index in [0.717, 1.165) is 5.56 Å². The van der Waals surface area contributed by atoms with Gasteiger partial charge < -0.3 is 15.4 Å². The average molecular weight is 347 g/mol. The molecule has 0 fully saturated rings. The van der Waals surface area contributed by atoms with Crippen LogP contribution in [0.15, 0.2) is 48.5 Å². The Morgan fingerprint density at radius 2 is 1.79 bits per heavy atom. The van der Waals surface area contributed by atoms with Crippen LogP contribution in [0.25, 0.3) is 0 Å². The lowest BCUT2D eigenvalue weighted by Crippen LogP contribution is -2.30. The van der Waals surface area contributed by atoms with E-state index in [9.17, 15) is 9.59 Å². The maximum absolute atomic E-state index is 12.1. The number of hydrogen-bond donors (Lipinski definition) is 2. The minimum atomic E-state index is -0.497. The third kappa shape index (κ3) is 4.57. The maximum atomic E-state index is 12.1. The van der Waals surface area contributed by atoms with Gasteiger partial charge in [0.15, 0.2) is 0 Å². The molecule has 0 spiro atoms. The van der Waals surface area contributed by atoms with Gasteiger partial charge in [-0.15, -0.1) is 0 Å². The van der Waals surface area contributed by atoms with Gasteiger partial charge in [0, 0.05) is 11.1 Å². The lowest BCUT2D eigenvalue weighted by Gasteiger charge is -2.16. The summed E-state index contributed by atoms with van der Waals surface area (Å²) in [6.45, 7) is 2.01. The average Bonchev–Trinajstić information content (AvgIpc) is 2.60. The molecule has 5 nitrogen and oxygen atoms in total. The van der Waals surface area contributed by atoms with Crippen molar-refractivity contribution in [2.24, 2.45) is 0 Å². The smallest absolute Gasteiger partial charge is 0.339 e. The molecule has 0 radical (unpaired) electrons. The van der Waals surface area contributed by atoms with Crippen LogP contribution in [-0.4, -0.2) is 25.5 Å². The highest BCUT2D eigenvalue weighted by molar-refractivity contribution is 6.31. The Morgan fingerprint density at radius 1 is 1.12 bits per heavy atom. The van der Waals surface area contributed by atoms with Crippen LogP contribution in [0.2, 0.25) is 5.02 Å². The van der Waals surface area contributed by atoms with E-state index in [0.29, 0.717) is 16.3 Å². The first-order chi connectivity index (χ1) is 11.5. The first-order valence-electron chi connectivity index (χ1n) is 7.48. The van der Waals surface area contributed by atoms with Crippen LogP contribution >= 0.6 is 11.6 Å². The van der Waals surface area contributed by atoms with Crippen molar-refractivity contribution in [2.45, 2.75) is 13.0 Å². The SMILES string of the molecule is COC(=O)c1ccccc1NC(=O)CN[C@H](C)c1ccccc1Cl. The van der Waals surface area contributed by atoms with Crippen molar-refractivity contribution < 1.29 is 14.3 Å². The summed E-state index contributed by atoms with van der Waals surface area (Å²) >= 11 is 6.14. The monoisotopic (exact) mass is 346 g/mol. The molecule has 0 unspecified atom stereocenters. The first-order valence-corrected chi connectivity index (χ1v) is 7.85. The van der Waals surface area contributed by atoms with Crippen molar-refractivity contribution >= 4 is 29.2 Å². The van der Waals surface area contributed by atoms with Gasteiger partial charge in [0.1, 0.15) is 0 Å². The number of rotatable bonds is 6. The molecular formula is C18H19ClN2O3. The van der Waals surface area contributed by atoms with E-state index in [1.165, 1.54) is 7.11 Å². The summed E-state index contributed by atoms with van der Waals surface area (Å²) in [4.78, 5) is 23.8. The number of halogens is 1. The Hall–Kier alpha value is -2.37. The molecule has 126 valence electrons. The summed E-state index contributed by atoms with van der Waals surface area (Å²) in [6.07, 6.45) is 0. The number of amides is 1. The Kier molecular flexibility index (Phi) is 6.35. The van der Waals surface area contributed by atoms with Crippen molar-refractivity contribution in [2.75, 3.05) is 19.0 Å². The largest absolute Gasteiger partial charge is 0.465 e. The topological polar surface area (TPSA) is 67.4 Å². The van der Waals surface area contributed by atoms with Crippen molar-refractivity contribution in [1.82, 2.24) is 5.32 Å². The molecule has 2 rings (SSSR count). The second-order valence-electron chi connectivity index (χ2n) is 5.21. The van der Waals surface area contributed by atoms with E-state index in [2.05, 4.69) is 10.6 Å².